The molecule has 5 nitrogen and oxygen atoms in total. The summed E-state index contributed by atoms with van der Waals surface area (Å²) in [5, 5.41) is 10.7. The molecule has 0 heterocycles. The van der Waals surface area contributed by atoms with Gasteiger partial charge in [-0.3, -0.25) is 9.36 Å². The summed E-state index contributed by atoms with van der Waals surface area (Å²) in [7, 11) is -0.989. The van der Waals surface area contributed by atoms with E-state index < -0.39 is 13.3 Å². The van der Waals surface area contributed by atoms with E-state index >= 15 is 0 Å². The molecular weight excluding hydrogens is 339 g/mol. The minimum Gasteiger partial charge on any atom is -0.507 e. The molecule has 1 aromatic rings. The maximum Gasteiger partial charge on any atom is 0.340 e. The SMILES string of the molecule is COP(=O)(OC)C(C)C(=O)c1cc(C(C)(C)C)c(O)c(C(C)(C)C)c1. The molecule has 0 fully saturated rings. The van der Waals surface area contributed by atoms with E-state index in [1.165, 1.54) is 21.1 Å². The summed E-state index contributed by atoms with van der Waals surface area (Å²) in [6.45, 7) is 13.4. The van der Waals surface area contributed by atoms with Crippen molar-refractivity contribution in [2.24, 2.45) is 0 Å². The molecule has 0 aliphatic rings. The van der Waals surface area contributed by atoms with Crippen molar-refractivity contribution in [3.05, 3.63) is 28.8 Å². The average Bonchev–Trinajstić information content (AvgIpc) is 2.50. The molecule has 0 aliphatic carbocycles. The average molecular weight is 370 g/mol. The van der Waals surface area contributed by atoms with E-state index in [2.05, 4.69) is 0 Å². The lowest BCUT2D eigenvalue weighted by molar-refractivity contribution is 0.0978. The van der Waals surface area contributed by atoms with Crippen LogP contribution >= 0.6 is 7.60 Å². The number of carbonyl (C=O) groups excluding carboxylic acids is 1. The van der Waals surface area contributed by atoms with E-state index in [-0.39, 0.29) is 22.4 Å². The van der Waals surface area contributed by atoms with Crippen molar-refractivity contribution in [1.82, 2.24) is 0 Å². The Bertz CT molecular complexity index is 652. The summed E-state index contributed by atoms with van der Waals surface area (Å²) in [5.41, 5.74) is 0.119. The van der Waals surface area contributed by atoms with Gasteiger partial charge in [0.05, 0.1) is 0 Å². The van der Waals surface area contributed by atoms with Gasteiger partial charge in [0.15, 0.2) is 5.78 Å². The van der Waals surface area contributed by atoms with Crippen LogP contribution in [-0.2, 0) is 24.4 Å². The molecule has 0 bridgehead atoms. The summed E-state index contributed by atoms with van der Waals surface area (Å²) in [4.78, 5) is 13.0. The zero-order valence-corrected chi connectivity index (χ0v) is 17.7. The quantitative estimate of drug-likeness (QED) is 0.580. The molecule has 1 N–H and O–H groups in total. The predicted molar refractivity (Wildman–Crippen MR) is 101 cm³/mol. The standard InChI is InChI=1S/C19H31O5P/c1-12(25(22,23-8)24-9)16(20)13-10-14(18(2,3)4)17(21)15(11-13)19(5,6)7/h10-12,21H,1-9H3. The molecule has 0 aromatic heterocycles. The Kier molecular flexibility index (Phi) is 6.32. The smallest absolute Gasteiger partial charge is 0.340 e. The number of hydrogen-bond donors (Lipinski definition) is 1. The zero-order valence-electron chi connectivity index (χ0n) is 16.8. The monoisotopic (exact) mass is 370 g/mol. The van der Waals surface area contributed by atoms with E-state index in [4.69, 9.17) is 9.05 Å². The first kappa shape index (κ1) is 21.9. The van der Waals surface area contributed by atoms with Crippen LogP contribution in [0.5, 0.6) is 5.75 Å². The van der Waals surface area contributed by atoms with Gasteiger partial charge in [0.1, 0.15) is 11.4 Å². The Morgan fingerprint density at radius 2 is 1.36 bits per heavy atom. The molecule has 142 valence electrons. The Balaban J connectivity index is 3.61. The highest BCUT2D eigenvalue weighted by molar-refractivity contribution is 7.55. The number of carbonyl (C=O) groups is 1. The maximum absolute atomic E-state index is 13.0. The van der Waals surface area contributed by atoms with Gasteiger partial charge in [-0.25, -0.2) is 0 Å². The summed E-state index contributed by atoms with van der Waals surface area (Å²) in [6.07, 6.45) is 0. The topological polar surface area (TPSA) is 72.8 Å². The molecule has 1 unspecified atom stereocenters. The molecule has 6 heteroatoms. The number of rotatable bonds is 5. The third kappa shape index (κ3) is 4.52. The van der Waals surface area contributed by atoms with Crippen molar-refractivity contribution >= 4 is 13.4 Å². The second kappa shape index (κ2) is 7.22. The second-order valence-electron chi connectivity index (χ2n) is 8.37. The van der Waals surface area contributed by atoms with Crippen LogP contribution in [0.4, 0.5) is 0 Å². The van der Waals surface area contributed by atoms with Crippen LogP contribution in [0.25, 0.3) is 0 Å². The summed E-state index contributed by atoms with van der Waals surface area (Å²) >= 11 is 0. The molecule has 0 amide bonds. The predicted octanol–water partition coefficient (Wildman–Crippen LogP) is 5.04. The number of benzene rings is 1. The summed E-state index contributed by atoms with van der Waals surface area (Å²) in [6, 6.07) is 3.36. The highest BCUT2D eigenvalue weighted by Crippen LogP contribution is 2.52. The molecule has 0 aliphatic heterocycles. The van der Waals surface area contributed by atoms with E-state index in [1.54, 1.807) is 12.1 Å². The lowest BCUT2D eigenvalue weighted by Gasteiger charge is -2.28. The maximum atomic E-state index is 13.0. The molecule has 0 saturated heterocycles. The third-order valence-corrected chi connectivity index (χ3v) is 6.57. The highest BCUT2D eigenvalue weighted by Gasteiger charge is 2.37. The first-order chi connectivity index (χ1) is 11.2. The lowest BCUT2D eigenvalue weighted by Crippen LogP contribution is -2.23. The minimum absolute atomic E-state index is 0.200. The largest absolute Gasteiger partial charge is 0.507 e. The zero-order chi connectivity index (χ0) is 19.8. The number of phenols is 1. The van der Waals surface area contributed by atoms with Crippen molar-refractivity contribution in [3.8, 4) is 5.75 Å². The van der Waals surface area contributed by atoms with Crippen LogP contribution in [0.1, 0.15) is 70.0 Å². The van der Waals surface area contributed by atoms with Gasteiger partial charge in [0.25, 0.3) is 0 Å². The molecule has 0 spiro atoms. The van der Waals surface area contributed by atoms with Crippen LogP contribution in [0.15, 0.2) is 12.1 Å². The summed E-state index contributed by atoms with van der Waals surface area (Å²) in [5.74, 6) is -0.131. The molecule has 0 saturated carbocycles. The fourth-order valence-electron chi connectivity index (χ4n) is 2.70. The molecular formula is C19H31O5P. The van der Waals surface area contributed by atoms with Gasteiger partial charge in [0.2, 0.25) is 0 Å². The van der Waals surface area contributed by atoms with Crippen molar-refractivity contribution in [2.75, 3.05) is 14.2 Å². The van der Waals surface area contributed by atoms with Crippen LogP contribution in [0.3, 0.4) is 0 Å². The van der Waals surface area contributed by atoms with Gasteiger partial charge < -0.3 is 14.2 Å². The van der Waals surface area contributed by atoms with Crippen molar-refractivity contribution in [1.29, 1.82) is 0 Å². The van der Waals surface area contributed by atoms with E-state index in [9.17, 15) is 14.5 Å². The fourth-order valence-corrected chi connectivity index (χ4v) is 3.91. The van der Waals surface area contributed by atoms with E-state index in [0.717, 1.165) is 0 Å². The molecule has 1 rings (SSSR count). The summed E-state index contributed by atoms with van der Waals surface area (Å²) < 4.78 is 22.5. The Hall–Kier alpha value is -1.16. The van der Waals surface area contributed by atoms with Gasteiger partial charge in [-0.15, -0.1) is 0 Å². The fraction of sp³-hybridized carbons (Fsp3) is 0.632. The van der Waals surface area contributed by atoms with Crippen LogP contribution < -0.4 is 0 Å². The van der Waals surface area contributed by atoms with Crippen molar-refractivity contribution < 1.29 is 23.5 Å². The molecule has 1 atom stereocenters. The highest BCUT2D eigenvalue weighted by atomic mass is 31.2. The van der Waals surface area contributed by atoms with Gasteiger partial charge in [-0.1, -0.05) is 41.5 Å². The Morgan fingerprint density at radius 1 is 1.00 bits per heavy atom. The van der Waals surface area contributed by atoms with E-state index in [1.807, 2.05) is 41.5 Å². The van der Waals surface area contributed by atoms with Crippen LogP contribution in [0, 0.1) is 0 Å². The Labute approximate surface area is 151 Å². The number of Topliss-reactive ketones (excluding diaryl/α,β-unsaturated/α-hetero) is 1. The molecule has 25 heavy (non-hydrogen) atoms. The van der Waals surface area contributed by atoms with E-state index in [0.29, 0.717) is 16.7 Å². The van der Waals surface area contributed by atoms with Crippen LogP contribution in [0.2, 0.25) is 0 Å². The molecule has 1 aromatic carbocycles. The minimum atomic E-state index is -3.53. The first-order valence-corrected chi connectivity index (χ1v) is 9.93. The molecule has 0 radical (unpaired) electrons. The van der Waals surface area contributed by atoms with Crippen LogP contribution in [-0.4, -0.2) is 30.8 Å². The Morgan fingerprint density at radius 3 is 1.64 bits per heavy atom. The normalized spacial score (nSPS) is 14.4. The lowest BCUT2D eigenvalue weighted by atomic mass is 9.78. The number of aromatic hydroxyl groups is 1. The van der Waals surface area contributed by atoms with Gasteiger partial charge >= 0.3 is 7.60 Å². The third-order valence-electron chi connectivity index (χ3n) is 4.37. The number of ketones is 1. The first-order valence-electron chi connectivity index (χ1n) is 8.32. The van der Waals surface area contributed by atoms with Gasteiger partial charge in [0, 0.05) is 30.9 Å². The van der Waals surface area contributed by atoms with Crippen molar-refractivity contribution in [3.63, 3.8) is 0 Å². The second-order valence-corrected chi connectivity index (χ2v) is 10.9. The van der Waals surface area contributed by atoms with Gasteiger partial charge in [-0.05, 0) is 29.9 Å². The number of hydrogen-bond acceptors (Lipinski definition) is 5. The number of phenolic OH excluding ortho intramolecular Hbond substituents is 1. The van der Waals surface area contributed by atoms with Gasteiger partial charge in [-0.2, -0.15) is 0 Å². The van der Waals surface area contributed by atoms with Crippen molar-refractivity contribution in [2.45, 2.75) is 65.0 Å².